The molecule has 0 spiro atoms. The number of non-ortho nitro benzene ring substituents is 1. The van der Waals surface area contributed by atoms with E-state index in [0.29, 0.717) is 12.1 Å². The average molecular weight is 278 g/mol. The van der Waals surface area contributed by atoms with Crippen molar-refractivity contribution >= 4 is 15.7 Å². The van der Waals surface area contributed by atoms with Crippen LogP contribution in [0.3, 0.4) is 0 Å². The predicted molar refractivity (Wildman–Crippen MR) is 60.2 cm³/mol. The minimum atomic E-state index is -4.33. The summed E-state index contributed by atoms with van der Waals surface area (Å²) in [6.07, 6.45) is -0.513. The highest BCUT2D eigenvalue weighted by molar-refractivity contribution is 7.89. The molecule has 0 atom stereocenters. The number of sulfonamides is 1. The van der Waals surface area contributed by atoms with Crippen LogP contribution in [0.2, 0.25) is 0 Å². The summed E-state index contributed by atoms with van der Waals surface area (Å²) in [5.74, 6) is -1.76. The molecule has 9 heteroatoms. The van der Waals surface area contributed by atoms with Crippen molar-refractivity contribution in [1.29, 1.82) is 0 Å². The van der Waals surface area contributed by atoms with Crippen LogP contribution in [0.4, 0.5) is 10.1 Å². The van der Waals surface area contributed by atoms with Gasteiger partial charge in [0.2, 0.25) is 10.0 Å². The first-order valence-corrected chi connectivity index (χ1v) is 6.35. The summed E-state index contributed by atoms with van der Waals surface area (Å²) < 4.78 is 41.1. The molecule has 0 radical (unpaired) electrons. The molecule has 0 saturated heterocycles. The number of hydrogen-bond acceptors (Lipinski definition) is 5. The van der Waals surface area contributed by atoms with Gasteiger partial charge in [0.15, 0.2) is 11.6 Å². The molecule has 0 aliphatic carbocycles. The number of nitro groups is 1. The number of halogens is 1. The molecule has 0 amide bonds. The maximum absolute atomic E-state index is 13.6. The highest BCUT2D eigenvalue weighted by Crippen LogP contribution is 2.31. The summed E-state index contributed by atoms with van der Waals surface area (Å²) in [6.45, 7) is 3.10. The van der Waals surface area contributed by atoms with Gasteiger partial charge in [-0.3, -0.25) is 10.1 Å². The molecule has 2 N–H and O–H groups in total. The van der Waals surface area contributed by atoms with E-state index in [2.05, 4.69) is 0 Å². The van der Waals surface area contributed by atoms with Crippen molar-refractivity contribution < 1.29 is 22.5 Å². The molecule has 18 heavy (non-hydrogen) atoms. The average Bonchev–Trinajstić information content (AvgIpc) is 2.17. The molecule has 0 fully saturated rings. The van der Waals surface area contributed by atoms with E-state index in [1.807, 2.05) is 0 Å². The zero-order valence-corrected chi connectivity index (χ0v) is 10.4. The zero-order chi connectivity index (χ0) is 14.1. The summed E-state index contributed by atoms with van der Waals surface area (Å²) >= 11 is 0. The Morgan fingerprint density at radius 2 is 2.00 bits per heavy atom. The van der Waals surface area contributed by atoms with Crippen molar-refractivity contribution in [3.63, 3.8) is 0 Å². The van der Waals surface area contributed by atoms with Gasteiger partial charge in [0, 0.05) is 6.07 Å². The highest BCUT2D eigenvalue weighted by Gasteiger charge is 2.25. The van der Waals surface area contributed by atoms with E-state index in [1.54, 1.807) is 13.8 Å². The number of benzene rings is 1. The number of nitro benzene ring substituents is 1. The van der Waals surface area contributed by atoms with Gasteiger partial charge in [-0.1, -0.05) is 0 Å². The van der Waals surface area contributed by atoms with Gasteiger partial charge in [-0.25, -0.2) is 17.9 Å². The van der Waals surface area contributed by atoms with E-state index in [9.17, 15) is 22.9 Å². The largest absolute Gasteiger partial charge is 0.486 e. The van der Waals surface area contributed by atoms with E-state index in [1.165, 1.54) is 0 Å². The minimum absolute atomic E-state index is 0.513. The van der Waals surface area contributed by atoms with Gasteiger partial charge in [-0.2, -0.15) is 0 Å². The number of rotatable bonds is 4. The summed E-state index contributed by atoms with van der Waals surface area (Å²) in [7, 11) is -4.33. The number of nitrogens with zero attached hydrogens (tertiary/aromatic N) is 1. The maximum atomic E-state index is 13.6. The fourth-order valence-electron chi connectivity index (χ4n) is 1.22. The molecule has 100 valence electrons. The van der Waals surface area contributed by atoms with E-state index in [4.69, 9.17) is 9.88 Å². The Balaban J connectivity index is 3.55. The summed E-state index contributed by atoms with van der Waals surface area (Å²) in [5, 5.41) is 15.4. The lowest BCUT2D eigenvalue weighted by Crippen LogP contribution is -2.17. The minimum Gasteiger partial charge on any atom is -0.486 e. The molecule has 0 aromatic heterocycles. The molecule has 0 aliphatic rings. The Morgan fingerprint density at radius 3 is 2.39 bits per heavy atom. The first kappa shape index (κ1) is 14.3. The van der Waals surface area contributed by atoms with Crippen LogP contribution in [0.15, 0.2) is 17.0 Å². The fourth-order valence-corrected chi connectivity index (χ4v) is 1.91. The Bertz CT molecular complexity index is 585. The lowest BCUT2D eigenvalue weighted by atomic mass is 10.3. The molecular formula is C9H11FN2O5S. The van der Waals surface area contributed by atoms with E-state index in [0.717, 1.165) is 0 Å². The molecule has 1 aromatic rings. The van der Waals surface area contributed by atoms with E-state index in [-0.39, 0.29) is 0 Å². The summed E-state index contributed by atoms with van der Waals surface area (Å²) in [5.41, 5.74) is -0.715. The number of ether oxygens (including phenoxy) is 1. The monoisotopic (exact) mass is 278 g/mol. The van der Waals surface area contributed by atoms with Crippen LogP contribution in [0.5, 0.6) is 5.75 Å². The Labute approximate surface area is 103 Å². The number of nitrogens with two attached hydrogens (primary N) is 1. The second-order valence-electron chi connectivity index (χ2n) is 3.72. The van der Waals surface area contributed by atoms with Crippen LogP contribution < -0.4 is 9.88 Å². The van der Waals surface area contributed by atoms with Crippen LogP contribution in [0, 0.1) is 15.9 Å². The van der Waals surface area contributed by atoms with Crippen LogP contribution in [0.1, 0.15) is 13.8 Å². The maximum Gasteiger partial charge on any atom is 0.274 e. The second-order valence-corrected chi connectivity index (χ2v) is 5.25. The van der Waals surface area contributed by atoms with Gasteiger partial charge < -0.3 is 4.74 Å². The Kier molecular flexibility index (Phi) is 3.87. The molecule has 0 aliphatic heterocycles. The molecule has 0 unspecified atom stereocenters. The van der Waals surface area contributed by atoms with E-state index < -0.39 is 43.2 Å². The van der Waals surface area contributed by atoms with Crippen LogP contribution in [0.25, 0.3) is 0 Å². The Morgan fingerprint density at radius 1 is 1.44 bits per heavy atom. The van der Waals surface area contributed by atoms with Crippen LogP contribution >= 0.6 is 0 Å². The summed E-state index contributed by atoms with van der Waals surface area (Å²) in [4.78, 5) is 8.86. The molecule has 0 bridgehead atoms. The zero-order valence-electron chi connectivity index (χ0n) is 9.58. The molecule has 7 nitrogen and oxygen atoms in total. The van der Waals surface area contributed by atoms with Crippen LogP contribution in [-0.2, 0) is 10.0 Å². The van der Waals surface area contributed by atoms with Gasteiger partial charge in [0.05, 0.1) is 17.1 Å². The van der Waals surface area contributed by atoms with Crippen molar-refractivity contribution in [2.75, 3.05) is 0 Å². The van der Waals surface area contributed by atoms with Gasteiger partial charge in [0.1, 0.15) is 4.90 Å². The molecule has 1 aromatic carbocycles. The highest BCUT2D eigenvalue weighted by atomic mass is 32.2. The molecular weight excluding hydrogens is 267 g/mol. The van der Waals surface area contributed by atoms with Crippen molar-refractivity contribution in [1.82, 2.24) is 0 Å². The van der Waals surface area contributed by atoms with Crippen molar-refractivity contribution in [3.05, 3.63) is 28.1 Å². The topological polar surface area (TPSA) is 113 Å². The lowest BCUT2D eigenvalue weighted by Gasteiger charge is -2.13. The fraction of sp³-hybridized carbons (Fsp3) is 0.333. The van der Waals surface area contributed by atoms with Gasteiger partial charge in [-0.15, -0.1) is 0 Å². The second kappa shape index (κ2) is 4.86. The molecule has 1 rings (SSSR count). The molecule has 0 saturated carbocycles. The SMILES string of the molecule is CC(C)Oc1c(F)cc([N+](=O)[O-])cc1S(N)(=O)=O. The first-order chi connectivity index (χ1) is 8.12. The Hall–Kier alpha value is -1.74. The molecule has 0 heterocycles. The van der Waals surface area contributed by atoms with Gasteiger partial charge in [0.25, 0.3) is 5.69 Å². The van der Waals surface area contributed by atoms with Gasteiger partial charge >= 0.3 is 0 Å². The third-order valence-corrected chi connectivity index (χ3v) is 2.78. The smallest absolute Gasteiger partial charge is 0.274 e. The number of hydrogen-bond donors (Lipinski definition) is 1. The van der Waals surface area contributed by atoms with Gasteiger partial charge in [-0.05, 0) is 13.8 Å². The van der Waals surface area contributed by atoms with Crippen LogP contribution in [-0.4, -0.2) is 19.4 Å². The van der Waals surface area contributed by atoms with Crippen molar-refractivity contribution in [3.8, 4) is 5.75 Å². The normalized spacial score (nSPS) is 11.6. The predicted octanol–water partition coefficient (Wildman–Crippen LogP) is 1.17. The third-order valence-electron chi connectivity index (χ3n) is 1.87. The van der Waals surface area contributed by atoms with Crippen molar-refractivity contribution in [2.24, 2.45) is 5.14 Å². The number of primary sulfonamides is 1. The summed E-state index contributed by atoms with van der Waals surface area (Å²) in [6, 6.07) is 1.24. The lowest BCUT2D eigenvalue weighted by molar-refractivity contribution is -0.385. The van der Waals surface area contributed by atoms with E-state index >= 15 is 0 Å². The first-order valence-electron chi connectivity index (χ1n) is 4.80. The third kappa shape index (κ3) is 3.14. The van der Waals surface area contributed by atoms with Crippen molar-refractivity contribution in [2.45, 2.75) is 24.8 Å². The quantitative estimate of drug-likeness (QED) is 0.656. The standard InChI is InChI=1S/C9H11FN2O5S/c1-5(2)17-9-7(10)3-6(12(13)14)4-8(9)18(11,15)16/h3-5H,1-2H3,(H2,11,15,16).